The molecule has 20 heavy (non-hydrogen) atoms. The molecule has 3 aliphatic rings. The summed E-state index contributed by atoms with van der Waals surface area (Å²) in [5, 5.41) is -0.159. The number of thioether (sulfide) groups is 1. The average Bonchev–Trinajstić information content (AvgIpc) is 2.81. The molecule has 1 amide bonds. The van der Waals surface area contributed by atoms with Gasteiger partial charge >= 0.3 is 0 Å². The van der Waals surface area contributed by atoms with Gasteiger partial charge in [-0.3, -0.25) is 14.5 Å². The zero-order valence-corrected chi connectivity index (χ0v) is 13.8. The van der Waals surface area contributed by atoms with E-state index in [2.05, 4.69) is 39.5 Å². The van der Waals surface area contributed by atoms with E-state index in [-0.39, 0.29) is 39.4 Å². The minimum Gasteiger partial charge on any atom is -0.323 e. The van der Waals surface area contributed by atoms with E-state index in [1.807, 2.05) is 4.90 Å². The Kier molecular flexibility index (Phi) is 3.04. The van der Waals surface area contributed by atoms with E-state index in [4.69, 9.17) is 0 Å². The van der Waals surface area contributed by atoms with Crippen LogP contribution in [0.1, 0.15) is 47.5 Å². The van der Waals surface area contributed by atoms with Crippen LogP contribution in [0, 0.1) is 0 Å². The van der Waals surface area contributed by atoms with Crippen LogP contribution < -0.4 is 0 Å². The normalized spacial score (nSPS) is 37.9. The summed E-state index contributed by atoms with van der Waals surface area (Å²) < 4.78 is -0.0867. The van der Waals surface area contributed by atoms with Crippen molar-refractivity contribution in [3.63, 3.8) is 0 Å². The first-order chi connectivity index (χ1) is 9.23. The first kappa shape index (κ1) is 14.4. The third kappa shape index (κ3) is 1.59. The van der Waals surface area contributed by atoms with Crippen molar-refractivity contribution in [2.45, 2.75) is 75.2 Å². The number of unbranched alkanes of at least 4 members (excludes halogenated alkanes) is 1. The van der Waals surface area contributed by atoms with Gasteiger partial charge in [0.25, 0.3) is 0 Å². The van der Waals surface area contributed by atoms with Crippen molar-refractivity contribution in [1.29, 1.82) is 0 Å². The molecule has 0 aromatic heterocycles. The monoisotopic (exact) mass is 296 g/mol. The Morgan fingerprint density at radius 2 is 1.85 bits per heavy atom. The summed E-state index contributed by atoms with van der Waals surface area (Å²) in [5.41, 5.74) is -0.343. The molecular formula is C15H24N2O2S. The van der Waals surface area contributed by atoms with Gasteiger partial charge in [-0.25, -0.2) is 0 Å². The van der Waals surface area contributed by atoms with Crippen molar-refractivity contribution in [3.8, 4) is 0 Å². The number of amides is 1. The van der Waals surface area contributed by atoms with Crippen LogP contribution in [0.4, 0.5) is 0 Å². The van der Waals surface area contributed by atoms with Crippen molar-refractivity contribution in [2.75, 3.05) is 6.54 Å². The molecule has 0 N–H and O–H groups in total. The summed E-state index contributed by atoms with van der Waals surface area (Å²) in [6.45, 7) is 11.4. The fourth-order valence-electron chi connectivity index (χ4n) is 4.12. The lowest BCUT2D eigenvalue weighted by Crippen LogP contribution is -2.58. The van der Waals surface area contributed by atoms with Crippen molar-refractivity contribution in [2.24, 2.45) is 0 Å². The van der Waals surface area contributed by atoms with Gasteiger partial charge in [-0.1, -0.05) is 13.3 Å². The number of fused-ring (bicyclic) bond motifs is 5. The van der Waals surface area contributed by atoms with E-state index in [0.29, 0.717) is 0 Å². The number of carbonyl (C=O) groups is 2. The fraction of sp³-hybridized carbons (Fsp3) is 0.867. The van der Waals surface area contributed by atoms with Crippen LogP contribution in [0.3, 0.4) is 0 Å². The van der Waals surface area contributed by atoms with Crippen LogP contribution in [0.2, 0.25) is 0 Å². The van der Waals surface area contributed by atoms with Gasteiger partial charge in [0.2, 0.25) is 5.91 Å². The molecule has 5 heteroatoms. The second kappa shape index (κ2) is 4.23. The van der Waals surface area contributed by atoms with Crippen LogP contribution in [-0.2, 0) is 9.59 Å². The second-order valence-corrected chi connectivity index (χ2v) is 8.93. The topological polar surface area (TPSA) is 40.6 Å². The minimum absolute atomic E-state index is 0.0867. The van der Waals surface area contributed by atoms with Crippen LogP contribution in [-0.4, -0.2) is 55.8 Å². The smallest absolute Gasteiger partial charge is 0.243 e. The summed E-state index contributed by atoms with van der Waals surface area (Å²) in [6, 6.07) is -0.342. The average molecular weight is 296 g/mol. The van der Waals surface area contributed by atoms with Crippen LogP contribution in [0.15, 0.2) is 0 Å². The highest BCUT2D eigenvalue weighted by atomic mass is 32.2. The van der Waals surface area contributed by atoms with E-state index in [9.17, 15) is 9.59 Å². The number of rotatable bonds is 3. The Bertz CT molecular complexity index is 474. The lowest BCUT2D eigenvalue weighted by molar-refractivity contribution is -0.133. The molecule has 3 atom stereocenters. The third-order valence-corrected chi connectivity index (χ3v) is 6.63. The molecule has 112 valence electrons. The number of Topliss-reactive ketones (excluding diaryl/α,β-unsaturated/α-hetero) is 1. The number of nitrogens with zero attached hydrogens (tertiary/aromatic N) is 2. The molecule has 2 bridgehead atoms. The van der Waals surface area contributed by atoms with Gasteiger partial charge < -0.3 is 4.90 Å². The van der Waals surface area contributed by atoms with E-state index < -0.39 is 0 Å². The molecule has 0 aromatic rings. The largest absolute Gasteiger partial charge is 0.323 e. The fourth-order valence-corrected chi connectivity index (χ4v) is 5.75. The third-order valence-electron chi connectivity index (χ3n) is 5.05. The van der Waals surface area contributed by atoms with Gasteiger partial charge in [0.1, 0.15) is 6.04 Å². The molecular weight excluding hydrogens is 272 g/mol. The van der Waals surface area contributed by atoms with Gasteiger partial charge in [0.05, 0.1) is 17.0 Å². The molecule has 0 saturated carbocycles. The number of ketones is 1. The van der Waals surface area contributed by atoms with Gasteiger partial charge in [0.15, 0.2) is 5.78 Å². The van der Waals surface area contributed by atoms with E-state index in [1.54, 1.807) is 11.8 Å². The molecule has 3 aliphatic heterocycles. The second-order valence-electron chi connectivity index (χ2n) is 7.14. The molecule has 4 nitrogen and oxygen atoms in total. The summed E-state index contributed by atoms with van der Waals surface area (Å²) in [5.74, 6) is 0.425. The van der Waals surface area contributed by atoms with E-state index in [0.717, 1.165) is 19.4 Å². The van der Waals surface area contributed by atoms with Crippen LogP contribution in [0.5, 0.6) is 0 Å². The van der Waals surface area contributed by atoms with Crippen molar-refractivity contribution in [1.82, 2.24) is 9.80 Å². The maximum Gasteiger partial charge on any atom is 0.243 e. The summed E-state index contributed by atoms with van der Waals surface area (Å²) in [7, 11) is 0. The summed E-state index contributed by atoms with van der Waals surface area (Å²) in [4.78, 5) is 29.5. The quantitative estimate of drug-likeness (QED) is 0.797. The van der Waals surface area contributed by atoms with Crippen molar-refractivity contribution < 1.29 is 9.59 Å². The lowest BCUT2D eigenvalue weighted by atomic mass is 9.97. The Hall–Kier alpha value is -0.550. The van der Waals surface area contributed by atoms with Crippen molar-refractivity contribution in [3.05, 3.63) is 0 Å². The molecule has 3 rings (SSSR count). The minimum atomic E-state index is -0.343. The highest BCUT2D eigenvalue weighted by molar-refractivity contribution is 8.02. The van der Waals surface area contributed by atoms with Gasteiger partial charge in [-0.05, 0) is 34.1 Å². The van der Waals surface area contributed by atoms with Gasteiger partial charge in [0, 0.05) is 11.3 Å². The maximum atomic E-state index is 12.8. The molecule has 0 radical (unpaired) electrons. The Labute approximate surface area is 125 Å². The summed E-state index contributed by atoms with van der Waals surface area (Å²) in [6.07, 6.45) is 2.10. The Morgan fingerprint density at radius 1 is 1.20 bits per heavy atom. The SMILES string of the molecule is CCCCN1C(=O)[C@@H]2[C@H]3SC(C)(C)[C@H](C3=O)N2C1(C)C. The van der Waals surface area contributed by atoms with Crippen LogP contribution >= 0.6 is 11.8 Å². The molecule has 0 spiro atoms. The number of hydrogen-bond donors (Lipinski definition) is 0. The zero-order valence-electron chi connectivity index (χ0n) is 13.0. The van der Waals surface area contributed by atoms with Gasteiger partial charge in [-0.2, -0.15) is 0 Å². The standard InChI is InChI=1S/C15H24N2O2S/c1-6-7-8-16-13(19)9-11-10(18)12(14(2,3)20-11)17(9)15(16,4)5/h9,11-12H,6-8H2,1-5H3/t9-,11+,12-/m0/s1. The predicted octanol–water partition coefficient (Wildman–Crippen LogP) is 1.88. The van der Waals surface area contributed by atoms with Crippen molar-refractivity contribution >= 4 is 23.5 Å². The first-order valence-electron chi connectivity index (χ1n) is 7.55. The van der Waals surface area contributed by atoms with Crippen LogP contribution in [0.25, 0.3) is 0 Å². The maximum absolute atomic E-state index is 12.8. The number of carbonyl (C=O) groups excluding carboxylic acids is 2. The molecule has 3 saturated heterocycles. The Morgan fingerprint density at radius 3 is 2.45 bits per heavy atom. The van der Waals surface area contributed by atoms with Gasteiger partial charge in [-0.15, -0.1) is 11.8 Å². The molecule has 3 heterocycles. The first-order valence-corrected chi connectivity index (χ1v) is 8.43. The molecule has 3 fully saturated rings. The molecule has 0 aliphatic carbocycles. The number of hydrogen-bond acceptors (Lipinski definition) is 4. The molecule has 0 unspecified atom stereocenters. The van der Waals surface area contributed by atoms with E-state index >= 15 is 0 Å². The summed E-state index contributed by atoms with van der Waals surface area (Å²) >= 11 is 1.69. The predicted molar refractivity (Wildman–Crippen MR) is 80.6 cm³/mol. The molecule has 0 aromatic carbocycles. The highest BCUT2D eigenvalue weighted by Gasteiger charge is 2.71. The lowest BCUT2D eigenvalue weighted by Gasteiger charge is -2.45. The zero-order chi connectivity index (χ0) is 14.9. The highest BCUT2D eigenvalue weighted by Crippen LogP contribution is 2.56. The Balaban J connectivity index is 1.98. The van der Waals surface area contributed by atoms with E-state index in [1.165, 1.54) is 0 Å².